The molecule has 82 valence electrons. The van der Waals surface area contributed by atoms with E-state index in [2.05, 4.69) is 4.98 Å². The van der Waals surface area contributed by atoms with Gasteiger partial charge in [-0.05, 0) is 12.1 Å². The Balaban J connectivity index is 2.58. The SMILES string of the molecule is COc1ccccc1-n1cncc1C(N)=O. The fourth-order valence-corrected chi connectivity index (χ4v) is 1.50. The van der Waals surface area contributed by atoms with E-state index in [9.17, 15) is 4.79 Å². The van der Waals surface area contributed by atoms with Crippen molar-refractivity contribution in [3.63, 3.8) is 0 Å². The van der Waals surface area contributed by atoms with Crippen LogP contribution in [0, 0.1) is 0 Å². The minimum absolute atomic E-state index is 0.324. The lowest BCUT2D eigenvalue weighted by Gasteiger charge is -2.10. The van der Waals surface area contributed by atoms with Gasteiger partial charge in [-0.25, -0.2) is 4.98 Å². The molecule has 2 rings (SSSR count). The quantitative estimate of drug-likeness (QED) is 0.833. The van der Waals surface area contributed by atoms with Crippen LogP contribution in [0.25, 0.3) is 5.69 Å². The topological polar surface area (TPSA) is 70.1 Å². The minimum Gasteiger partial charge on any atom is -0.495 e. The van der Waals surface area contributed by atoms with Crippen LogP contribution in [0.4, 0.5) is 0 Å². The number of aromatic nitrogens is 2. The normalized spacial score (nSPS) is 10.1. The smallest absolute Gasteiger partial charge is 0.267 e. The summed E-state index contributed by atoms with van der Waals surface area (Å²) in [5.41, 5.74) is 6.30. The van der Waals surface area contributed by atoms with Crippen LogP contribution in [-0.2, 0) is 0 Å². The zero-order valence-electron chi connectivity index (χ0n) is 8.75. The van der Waals surface area contributed by atoms with Crippen molar-refractivity contribution in [2.24, 2.45) is 5.73 Å². The van der Waals surface area contributed by atoms with E-state index in [0.29, 0.717) is 11.4 Å². The van der Waals surface area contributed by atoms with Crippen molar-refractivity contribution in [1.29, 1.82) is 0 Å². The largest absolute Gasteiger partial charge is 0.495 e. The van der Waals surface area contributed by atoms with Gasteiger partial charge in [0.1, 0.15) is 11.4 Å². The number of primary amides is 1. The van der Waals surface area contributed by atoms with Crippen molar-refractivity contribution in [1.82, 2.24) is 9.55 Å². The van der Waals surface area contributed by atoms with Crippen molar-refractivity contribution in [2.45, 2.75) is 0 Å². The molecular formula is C11H11N3O2. The van der Waals surface area contributed by atoms with E-state index in [0.717, 1.165) is 5.69 Å². The molecule has 0 atom stereocenters. The number of amides is 1. The summed E-state index contributed by atoms with van der Waals surface area (Å²) in [6.45, 7) is 0. The zero-order chi connectivity index (χ0) is 11.5. The molecule has 5 heteroatoms. The van der Waals surface area contributed by atoms with Gasteiger partial charge in [0.2, 0.25) is 0 Å². The van der Waals surface area contributed by atoms with E-state index >= 15 is 0 Å². The molecule has 0 saturated carbocycles. The Morgan fingerprint density at radius 1 is 1.44 bits per heavy atom. The maximum Gasteiger partial charge on any atom is 0.267 e. The Bertz CT molecular complexity index is 519. The number of hydrogen-bond donors (Lipinski definition) is 1. The molecule has 2 aromatic rings. The summed E-state index contributed by atoms with van der Waals surface area (Å²) in [5, 5.41) is 0. The molecule has 1 amide bonds. The first kappa shape index (κ1) is 10.2. The average Bonchev–Trinajstić information content (AvgIpc) is 2.77. The summed E-state index contributed by atoms with van der Waals surface area (Å²) in [6, 6.07) is 7.33. The molecule has 0 bridgehead atoms. The van der Waals surface area contributed by atoms with Gasteiger partial charge >= 0.3 is 0 Å². The van der Waals surface area contributed by atoms with E-state index < -0.39 is 5.91 Å². The molecule has 0 fully saturated rings. The molecule has 1 heterocycles. The third-order valence-corrected chi connectivity index (χ3v) is 2.24. The van der Waals surface area contributed by atoms with Crippen LogP contribution in [0.2, 0.25) is 0 Å². The van der Waals surface area contributed by atoms with Crippen molar-refractivity contribution in [3.8, 4) is 11.4 Å². The summed E-state index contributed by atoms with van der Waals surface area (Å²) in [7, 11) is 1.57. The molecule has 0 saturated heterocycles. The number of para-hydroxylation sites is 2. The summed E-state index contributed by atoms with van der Waals surface area (Å²) in [5.74, 6) is 0.131. The van der Waals surface area contributed by atoms with Gasteiger partial charge in [-0.15, -0.1) is 0 Å². The number of carbonyl (C=O) groups is 1. The molecule has 0 unspecified atom stereocenters. The molecule has 2 N–H and O–H groups in total. The Morgan fingerprint density at radius 2 is 2.19 bits per heavy atom. The van der Waals surface area contributed by atoms with Gasteiger partial charge in [0.05, 0.1) is 25.3 Å². The lowest BCUT2D eigenvalue weighted by Crippen LogP contribution is -2.15. The van der Waals surface area contributed by atoms with Gasteiger partial charge in [0.15, 0.2) is 0 Å². The summed E-state index contributed by atoms with van der Waals surface area (Å²) in [6.07, 6.45) is 2.95. The highest BCUT2D eigenvalue weighted by molar-refractivity contribution is 5.91. The third-order valence-electron chi connectivity index (χ3n) is 2.24. The van der Waals surface area contributed by atoms with Crippen LogP contribution in [0.1, 0.15) is 10.5 Å². The number of carbonyl (C=O) groups excluding carboxylic acids is 1. The minimum atomic E-state index is -0.525. The van der Waals surface area contributed by atoms with Crippen LogP contribution < -0.4 is 10.5 Å². The fraction of sp³-hybridized carbons (Fsp3) is 0.0909. The second kappa shape index (κ2) is 4.06. The summed E-state index contributed by atoms with van der Waals surface area (Å²) >= 11 is 0. The lowest BCUT2D eigenvalue weighted by atomic mass is 10.3. The Hall–Kier alpha value is -2.30. The van der Waals surface area contributed by atoms with Crippen LogP contribution >= 0.6 is 0 Å². The van der Waals surface area contributed by atoms with E-state index in [1.54, 1.807) is 17.7 Å². The predicted molar refractivity (Wildman–Crippen MR) is 58.6 cm³/mol. The molecule has 1 aromatic heterocycles. The summed E-state index contributed by atoms with van der Waals surface area (Å²) < 4.78 is 6.80. The van der Waals surface area contributed by atoms with Gasteiger partial charge in [0.25, 0.3) is 5.91 Å². The number of methoxy groups -OCH3 is 1. The number of nitrogens with two attached hydrogens (primary N) is 1. The molecule has 0 radical (unpaired) electrons. The van der Waals surface area contributed by atoms with Crippen molar-refractivity contribution in [2.75, 3.05) is 7.11 Å². The molecule has 0 aliphatic rings. The number of imidazole rings is 1. The van der Waals surface area contributed by atoms with E-state index in [1.807, 2.05) is 18.2 Å². The molecule has 5 nitrogen and oxygen atoms in total. The van der Waals surface area contributed by atoms with E-state index in [-0.39, 0.29) is 0 Å². The molecule has 0 aliphatic carbocycles. The van der Waals surface area contributed by atoms with Gasteiger partial charge < -0.3 is 10.5 Å². The van der Waals surface area contributed by atoms with Gasteiger partial charge in [-0.2, -0.15) is 0 Å². The van der Waals surface area contributed by atoms with Crippen LogP contribution in [0.3, 0.4) is 0 Å². The van der Waals surface area contributed by atoms with Crippen molar-refractivity contribution in [3.05, 3.63) is 42.5 Å². The summed E-state index contributed by atoms with van der Waals surface area (Å²) in [4.78, 5) is 15.1. The second-order valence-corrected chi connectivity index (χ2v) is 3.18. The highest BCUT2D eigenvalue weighted by Crippen LogP contribution is 2.22. The second-order valence-electron chi connectivity index (χ2n) is 3.18. The molecule has 0 spiro atoms. The van der Waals surface area contributed by atoms with Gasteiger partial charge in [0, 0.05) is 0 Å². The highest BCUT2D eigenvalue weighted by atomic mass is 16.5. The first-order valence-electron chi connectivity index (χ1n) is 4.69. The Morgan fingerprint density at radius 3 is 2.88 bits per heavy atom. The molecular weight excluding hydrogens is 206 g/mol. The maximum absolute atomic E-state index is 11.2. The number of ether oxygens (including phenoxy) is 1. The van der Waals surface area contributed by atoms with Crippen LogP contribution in [0.5, 0.6) is 5.75 Å². The Labute approximate surface area is 92.5 Å². The fourth-order valence-electron chi connectivity index (χ4n) is 1.50. The van der Waals surface area contributed by atoms with Crippen molar-refractivity contribution < 1.29 is 9.53 Å². The third kappa shape index (κ3) is 1.63. The lowest BCUT2D eigenvalue weighted by molar-refractivity contribution is 0.0994. The van der Waals surface area contributed by atoms with Crippen LogP contribution in [0.15, 0.2) is 36.8 Å². The van der Waals surface area contributed by atoms with Crippen LogP contribution in [-0.4, -0.2) is 22.6 Å². The standard InChI is InChI=1S/C11H11N3O2/c1-16-10-5-3-2-4-8(10)14-7-13-6-9(14)11(12)15/h2-7H,1H3,(H2,12,15). The molecule has 0 aliphatic heterocycles. The van der Waals surface area contributed by atoms with Gasteiger partial charge in [-0.1, -0.05) is 12.1 Å². The molecule has 1 aromatic carbocycles. The van der Waals surface area contributed by atoms with E-state index in [1.165, 1.54) is 12.5 Å². The van der Waals surface area contributed by atoms with E-state index in [4.69, 9.17) is 10.5 Å². The predicted octanol–water partition coefficient (Wildman–Crippen LogP) is 0.980. The monoisotopic (exact) mass is 217 g/mol. The van der Waals surface area contributed by atoms with Crippen molar-refractivity contribution >= 4 is 5.91 Å². The number of benzene rings is 1. The number of rotatable bonds is 3. The zero-order valence-corrected chi connectivity index (χ0v) is 8.75. The first-order chi connectivity index (χ1) is 7.74. The number of nitrogens with zero attached hydrogens (tertiary/aromatic N) is 2. The maximum atomic E-state index is 11.2. The van der Waals surface area contributed by atoms with Gasteiger partial charge in [-0.3, -0.25) is 9.36 Å². The number of hydrogen-bond acceptors (Lipinski definition) is 3. The average molecular weight is 217 g/mol. The highest BCUT2D eigenvalue weighted by Gasteiger charge is 2.12. The molecule has 16 heavy (non-hydrogen) atoms. The Kier molecular flexibility index (Phi) is 2.59. The first-order valence-corrected chi connectivity index (χ1v) is 4.69.